The molecule has 17 heavy (non-hydrogen) atoms. The number of carbonyl (C=O) groups is 1. The highest BCUT2D eigenvalue weighted by atomic mass is 19.1. The van der Waals surface area contributed by atoms with Crippen molar-refractivity contribution >= 4 is 5.97 Å². The van der Waals surface area contributed by atoms with Crippen LogP contribution in [0.2, 0.25) is 0 Å². The molecule has 0 aromatic heterocycles. The van der Waals surface area contributed by atoms with Gasteiger partial charge in [-0.05, 0) is 17.7 Å². The van der Waals surface area contributed by atoms with Crippen LogP contribution in [0.1, 0.15) is 15.9 Å². The second-order valence-electron chi connectivity index (χ2n) is 2.78. The van der Waals surface area contributed by atoms with Crippen molar-refractivity contribution in [2.24, 2.45) is 5.11 Å². The Kier molecular flexibility index (Phi) is 4.03. The highest BCUT2D eigenvalue weighted by molar-refractivity contribution is 5.88. The van der Waals surface area contributed by atoms with Crippen molar-refractivity contribution in [1.29, 1.82) is 0 Å². The van der Waals surface area contributed by atoms with E-state index in [9.17, 15) is 13.6 Å². The monoisotopic (exact) mass is 237 g/mol. The Morgan fingerprint density at radius 1 is 1.53 bits per heavy atom. The number of carboxylic acids is 1. The normalized spacial score (nSPS) is 8.82. The maximum atomic E-state index is 13.5. The standard InChI is InChI=1S/C10H5F2N3O2/c11-7-4-3-6(2-1-5-14-15-13)9(12)8(7)10(16)17/h3-4H,5H2,(H,16,17). The number of carboxylic acid groups (broad SMARTS) is 1. The van der Waals surface area contributed by atoms with Crippen molar-refractivity contribution in [3.05, 3.63) is 45.3 Å². The van der Waals surface area contributed by atoms with E-state index in [-0.39, 0.29) is 12.1 Å². The molecule has 0 saturated heterocycles. The van der Waals surface area contributed by atoms with Gasteiger partial charge in [0.15, 0.2) is 5.82 Å². The fourth-order valence-corrected chi connectivity index (χ4v) is 1.05. The van der Waals surface area contributed by atoms with Crippen LogP contribution in [-0.2, 0) is 0 Å². The predicted molar refractivity (Wildman–Crippen MR) is 54.2 cm³/mol. The Morgan fingerprint density at radius 2 is 2.24 bits per heavy atom. The molecule has 86 valence electrons. The van der Waals surface area contributed by atoms with Crippen molar-refractivity contribution in [2.45, 2.75) is 0 Å². The van der Waals surface area contributed by atoms with Gasteiger partial charge < -0.3 is 5.11 Å². The highest BCUT2D eigenvalue weighted by Crippen LogP contribution is 2.16. The minimum Gasteiger partial charge on any atom is -0.477 e. The summed E-state index contributed by atoms with van der Waals surface area (Å²) in [5.74, 6) is 0.429. The fourth-order valence-electron chi connectivity index (χ4n) is 1.05. The molecular formula is C10H5F2N3O2. The van der Waals surface area contributed by atoms with E-state index >= 15 is 0 Å². The second-order valence-corrected chi connectivity index (χ2v) is 2.78. The van der Waals surface area contributed by atoms with Gasteiger partial charge >= 0.3 is 5.97 Å². The number of azide groups is 1. The smallest absolute Gasteiger partial charge is 0.341 e. The van der Waals surface area contributed by atoms with Gasteiger partial charge in [0.2, 0.25) is 0 Å². The Hall–Kier alpha value is -2.58. The number of rotatable bonds is 2. The summed E-state index contributed by atoms with van der Waals surface area (Å²) < 4.78 is 26.5. The lowest BCUT2D eigenvalue weighted by Crippen LogP contribution is -2.06. The number of benzene rings is 1. The van der Waals surface area contributed by atoms with Crippen LogP contribution >= 0.6 is 0 Å². The zero-order chi connectivity index (χ0) is 12.8. The summed E-state index contributed by atoms with van der Waals surface area (Å²) in [6.07, 6.45) is 0. The summed E-state index contributed by atoms with van der Waals surface area (Å²) in [6, 6.07) is 1.82. The van der Waals surface area contributed by atoms with Crippen LogP contribution in [-0.4, -0.2) is 17.6 Å². The Balaban J connectivity index is 3.18. The van der Waals surface area contributed by atoms with Gasteiger partial charge in [0.1, 0.15) is 11.4 Å². The molecule has 0 saturated carbocycles. The van der Waals surface area contributed by atoms with E-state index in [0.717, 1.165) is 12.1 Å². The third-order valence-electron chi connectivity index (χ3n) is 1.74. The number of halogens is 2. The second kappa shape index (κ2) is 5.49. The third kappa shape index (κ3) is 2.93. The molecular weight excluding hydrogens is 232 g/mol. The molecule has 1 rings (SSSR count). The van der Waals surface area contributed by atoms with Gasteiger partial charge in [-0.2, -0.15) is 0 Å². The molecule has 1 N–H and O–H groups in total. The number of hydrogen-bond acceptors (Lipinski definition) is 2. The first kappa shape index (κ1) is 12.5. The Morgan fingerprint density at radius 3 is 2.82 bits per heavy atom. The van der Waals surface area contributed by atoms with E-state index in [0.29, 0.717) is 0 Å². The van der Waals surface area contributed by atoms with Crippen molar-refractivity contribution < 1.29 is 18.7 Å². The molecule has 0 bridgehead atoms. The maximum Gasteiger partial charge on any atom is 0.341 e. The molecule has 0 amide bonds. The van der Waals surface area contributed by atoms with Crippen molar-refractivity contribution in [3.63, 3.8) is 0 Å². The van der Waals surface area contributed by atoms with E-state index in [1.807, 2.05) is 0 Å². The van der Waals surface area contributed by atoms with Crippen molar-refractivity contribution in [2.75, 3.05) is 6.54 Å². The minimum atomic E-state index is -1.71. The molecule has 1 aromatic carbocycles. The molecule has 0 spiro atoms. The summed E-state index contributed by atoms with van der Waals surface area (Å²) in [7, 11) is 0. The van der Waals surface area contributed by atoms with Gasteiger partial charge in [-0.3, -0.25) is 0 Å². The number of hydrogen-bond donors (Lipinski definition) is 1. The fraction of sp³-hybridized carbons (Fsp3) is 0.100. The average Bonchev–Trinajstić information content (AvgIpc) is 2.26. The van der Waals surface area contributed by atoms with Gasteiger partial charge in [0.25, 0.3) is 0 Å². The molecule has 0 heterocycles. The molecule has 0 atom stereocenters. The molecule has 5 nitrogen and oxygen atoms in total. The summed E-state index contributed by atoms with van der Waals surface area (Å²) in [5.41, 5.74) is 6.64. The van der Waals surface area contributed by atoms with Crippen LogP contribution in [0.25, 0.3) is 10.4 Å². The van der Waals surface area contributed by atoms with E-state index < -0.39 is 23.2 Å². The highest BCUT2D eigenvalue weighted by Gasteiger charge is 2.18. The van der Waals surface area contributed by atoms with Crippen molar-refractivity contribution in [3.8, 4) is 11.8 Å². The molecule has 0 aliphatic rings. The van der Waals surface area contributed by atoms with Gasteiger partial charge in [0, 0.05) is 4.91 Å². The summed E-state index contributed by atoms with van der Waals surface area (Å²) >= 11 is 0. The van der Waals surface area contributed by atoms with Crippen LogP contribution in [0.4, 0.5) is 8.78 Å². The molecule has 0 unspecified atom stereocenters. The molecule has 7 heteroatoms. The number of aromatic carboxylic acids is 1. The summed E-state index contributed by atoms with van der Waals surface area (Å²) in [6.45, 7) is -0.185. The summed E-state index contributed by atoms with van der Waals surface area (Å²) in [5, 5.41) is 11.7. The number of nitrogens with zero attached hydrogens (tertiary/aromatic N) is 3. The largest absolute Gasteiger partial charge is 0.477 e. The van der Waals surface area contributed by atoms with Gasteiger partial charge in [-0.25, -0.2) is 13.6 Å². The van der Waals surface area contributed by atoms with Gasteiger partial charge in [0.05, 0.1) is 12.1 Å². The summed E-state index contributed by atoms with van der Waals surface area (Å²) in [4.78, 5) is 13.0. The lowest BCUT2D eigenvalue weighted by atomic mass is 10.1. The molecule has 0 radical (unpaired) electrons. The molecule has 0 aliphatic carbocycles. The first-order valence-corrected chi connectivity index (χ1v) is 4.29. The van der Waals surface area contributed by atoms with Gasteiger partial charge in [-0.1, -0.05) is 17.0 Å². The van der Waals surface area contributed by atoms with E-state index in [2.05, 4.69) is 21.9 Å². The Labute approximate surface area is 94.3 Å². The van der Waals surface area contributed by atoms with Crippen LogP contribution in [0.3, 0.4) is 0 Å². The third-order valence-corrected chi connectivity index (χ3v) is 1.74. The molecule has 0 aliphatic heterocycles. The lowest BCUT2D eigenvalue weighted by molar-refractivity contribution is 0.0686. The average molecular weight is 237 g/mol. The van der Waals surface area contributed by atoms with E-state index in [1.54, 1.807) is 0 Å². The van der Waals surface area contributed by atoms with Crippen LogP contribution in [0.15, 0.2) is 17.2 Å². The van der Waals surface area contributed by atoms with Crippen LogP contribution < -0.4 is 0 Å². The Bertz CT molecular complexity index is 569. The SMILES string of the molecule is [N-]=[N+]=NCC#Cc1ccc(F)c(C(=O)O)c1F. The van der Waals surface area contributed by atoms with E-state index in [4.69, 9.17) is 10.6 Å². The van der Waals surface area contributed by atoms with Crippen LogP contribution in [0, 0.1) is 23.5 Å². The first-order chi connectivity index (χ1) is 8.07. The lowest BCUT2D eigenvalue weighted by Gasteiger charge is -2.01. The van der Waals surface area contributed by atoms with Crippen molar-refractivity contribution in [1.82, 2.24) is 0 Å². The van der Waals surface area contributed by atoms with E-state index in [1.165, 1.54) is 0 Å². The quantitative estimate of drug-likeness (QED) is 0.370. The zero-order valence-electron chi connectivity index (χ0n) is 8.31. The zero-order valence-corrected chi connectivity index (χ0v) is 8.31. The molecule has 1 aromatic rings. The molecule has 0 fully saturated rings. The topological polar surface area (TPSA) is 86.1 Å². The van der Waals surface area contributed by atoms with Crippen LogP contribution in [0.5, 0.6) is 0 Å². The predicted octanol–water partition coefficient (Wildman–Crippen LogP) is 2.32. The first-order valence-electron chi connectivity index (χ1n) is 4.29. The minimum absolute atomic E-state index is 0.185. The maximum absolute atomic E-state index is 13.5. The van der Waals surface area contributed by atoms with Gasteiger partial charge in [-0.15, -0.1) is 0 Å².